The quantitative estimate of drug-likeness (QED) is 0.752. The molecule has 0 saturated heterocycles. The van der Waals surface area contributed by atoms with E-state index < -0.39 is 6.10 Å². The van der Waals surface area contributed by atoms with Gasteiger partial charge in [-0.05, 0) is 37.0 Å². The molecule has 1 saturated carbocycles. The first-order valence-electron chi connectivity index (χ1n) is 7.04. The van der Waals surface area contributed by atoms with E-state index >= 15 is 0 Å². The summed E-state index contributed by atoms with van der Waals surface area (Å²) in [4.78, 5) is 0. The van der Waals surface area contributed by atoms with Gasteiger partial charge >= 0.3 is 0 Å². The lowest BCUT2D eigenvalue weighted by Gasteiger charge is -2.37. The molecule has 3 nitrogen and oxygen atoms in total. The van der Waals surface area contributed by atoms with Crippen LogP contribution in [-0.2, 0) is 4.74 Å². The van der Waals surface area contributed by atoms with Gasteiger partial charge in [0.2, 0.25) is 0 Å². The number of nitrogens with two attached hydrogens (primary N) is 1. The molecule has 1 rings (SSSR count). The Hall–Kier alpha value is -0.120. The van der Waals surface area contributed by atoms with E-state index in [0.29, 0.717) is 37.5 Å². The average molecular weight is 243 g/mol. The summed E-state index contributed by atoms with van der Waals surface area (Å²) in [6.45, 7) is 7.84. The first-order valence-corrected chi connectivity index (χ1v) is 7.04. The summed E-state index contributed by atoms with van der Waals surface area (Å²) in [6.07, 6.45) is 4.41. The smallest absolute Gasteiger partial charge is 0.0684 e. The molecule has 102 valence electrons. The molecule has 0 amide bonds. The minimum absolute atomic E-state index is 0.331. The molecule has 0 spiro atoms. The third-order valence-electron chi connectivity index (χ3n) is 4.02. The maximum absolute atomic E-state index is 9.41. The number of ether oxygens (including phenoxy) is 1. The first kappa shape index (κ1) is 14.9. The normalized spacial score (nSPS) is 31.8. The van der Waals surface area contributed by atoms with Crippen molar-refractivity contribution in [2.24, 2.45) is 23.5 Å². The van der Waals surface area contributed by atoms with Gasteiger partial charge in [-0.2, -0.15) is 0 Å². The summed E-state index contributed by atoms with van der Waals surface area (Å²) in [5, 5.41) is 9.41. The maximum Gasteiger partial charge on any atom is 0.0684 e. The van der Waals surface area contributed by atoms with E-state index in [-0.39, 0.29) is 0 Å². The number of hydrogen-bond acceptors (Lipinski definition) is 3. The molecular formula is C14H29NO2. The molecule has 4 unspecified atom stereocenters. The second-order valence-corrected chi connectivity index (χ2v) is 5.91. The molecule has 3 heteroatoms. The lowest BCUT2D eigenvalue weighted by Crippen LogP contribution is -2.35. The zero-order valence-electron chi connectivity index (χ0n) is 11.6. The molecule has 4 atom stereocenters. The molecule has 3 N–H and O–H groups in total. The fourth-order valence-electron chi connectivity index (χ4n) is 2.78. The van der Waals surface area contributed by atoms with Gasteiger partial charge in [-0.1, -0.05) is 27.2 Å². The van der Waals surface area contributed by atoms with Crippen molar-refractivity contribution in [3.8, 4) is 0 Å². The minimum Gasteiger partial charge on any atom is -0.392 e. The van der Waals surface area contributed by atoms with E-state index in [0.717, 1.165) is 5.92 Å². The van der Waals surface area contributed by atoms with Gasteiger partial charge in [0.25, 0.3) is 0 Å². The van der Waals surface area contributed by atoms with Gasteiger partial charge in [-0.15, -0.1) is 0 Å². The van der Waals surface area contributed by atoms with Gasteiger partial charge < -0.3 is 15.6 Å². The third-order valence-corrected chi connectivity index (χ3v) is 4.02. The van der Waals surface area contributed by atoms with Crippen molar-refractivity contribution in [3.05, 3.63) is 0 Å². The van der Waals surface area contributed by atoms with Crippen LogP contribution in [0.4, 0.5) is 0 Å². The molecule has 1 aliphatic carbocycles. The van der Waals surface area contributed by atoms with Crippen LogP contribution in [0.3, 0.4) is 0 Å². The summed E-state index contributed by atoms with van der Waals surface area (Å²) in [6, 6.07) is 0. The van der Waals surface area contributed by atoms with Crippen molar-refractivity contribution in [1.29, 1.82) is 0 Å². The number of aliphatic hydroxyl groups is 1. The molecule has 0 aromatic heterocycles. The summed E-state index contributed by atoms with van der Waals surface area (Å²) < 4.78 is 5.98. The highest BCUT2D eigenvalue weighted by molar-refractivity contribution is 4.81. The molecule has 0 aliphatic heterocycles. The van der Waals surface area contributed by atoms with Crippen LogP contribution >= 0.6 is 0 Å². The Labute approximate surface area is 106 Å². The highest BCUT2D eigenvalue weighted by Crippen LogP contribution is 2.35. The summed E-state index contributed by atoms with van der Waals surface area (Å²) in [5.74, 6) is 2.14. The van der Waals surface area contributed by atoms with Crippen LogP contribution < -0.4 is 5.73 Å². The summed E-state index contributed by atoms with van der Waals surface area (Å²) >= 11 is 0. The Balaban J connectivity index is 2.36. The van der Waals surface area contributed by atoms with Crippen molar-refractivity contribution in [2.75, 3.05) is 13.2 Å². The fraction of sp³-hybridized carbons (Fsp3) is 1.00. The first-order chi connectivity index (χ1) is 8.04. The highest BCUT2D eigenvalue weighted by Gasteiger charge is 2.31. The van der Waals surface area contributed by atoms with Crippen molar-refractivity contribution in [3.63, 3.8) is 0 Å². The summed E-state index contributed by atoms with van der Waals surface area (Å²) in [5.41, 5.74) is 5.38. The van der Waals surface area contributed by atoms with Gasteiger partial charge in [0, 0.05) is 13.2 Å². The Bertz CT molecular complexity index is 208. The molecule has 1 fully saturated rings. The number of aliphatic hydroxyl groups excluding tert-OH is 1. The maximum atomic E-state index is 9.41. The van der Waals surface area contributed by atoms with Crippen LogP contribution in [0.2, 0.25) is 0 Å². The van der Waals surface area contributed by atoms with E-state index in [1.165, 1.54) is 19.3 Å². The zero-order chi connectivity index (χ0) is 12.8. The van der Waals surface area contributed by atoms with Gasteiger partial charge in [0.05, 0.1) is 12.2 Å². The molecular weight excluding hydrogens is 214 g/mol. The van der Waals surface area contributed by atoms with E-state index in [9.17, 15) is 5.11 Å². The van der Waals surface area contributed by atoms with Crippen molar-refractivity contribution in [1.82, 2.24) is 0 Å². The third kappa shape index (κ3) is 4.94. The van der Waals surface area contributed by atoms with E-state index in [2.05, 4.69) is 20.8 Å². The SMILES string of the molecule is CC1CCC(C(C)C)C(OCCC(O)CN)C1. The van der Waals surface area contributed by atoms with Gasteiger partial charge in [-0.3, -0.25) is 0 Å². The van der Waals surface area contributed by atoms with E-state index in [1.807, 2.05) is 0 Å². The Kier molecular flexibility index (Phi) is 6.45. The Morgan fingerprint density at radius 2 is 2.06 bits per heavy atom. The second kappa shape index (κ2) is 7.34. The minimum atomic E-state index is -0.409. The van der Waals surface area contributed by atoms with Crippen LogP contribution in [0, 0.1) is 17.8 Å². The van der Waals surface area contributed by atoms with E-state index in [4.69, 9.17) is 10.5 Å². The average Bonchev–Trinajstić information content (AvgIpc) is 2.28. The number of rotatable bonds is 6. The lowest BCUT2D eigenvalue weighted by molar-refractivity contribution is -0.0468. The van der Waals surface area contributed by atoms with E-state index in [1.54, 1.807) is 0 Å². The highest BCUT2D eigenvalue weighted by atomic mass is 16.5. The molecule has 0 bridgehead atoms. The lowest BCUT2D eigenvalue weighted by atomic mass is 9.75. The number of hydrogen-bond donors (Lipinski definition) is 2. The topological polar surface area (TPSA) is 55.5 Å². The Morgan fingerprint density at radius 3 is 2.65 bits per heavy atom. The van der Waals surface area contributed by atoms with Crippen molar-refractivity contribution < 1.29 is 9.84 Å². The summed E-state index contributed by atoms with van der Waals surface area (Å²) in [7, 11) is 0. The van der Waals surface area contributed by atoms with Crippen molar-refractivity contribution >= 4 is 0 Å². The second-order valence-electron chi connectivity index (χ2n) is 5.91. The van der Waals surface area contributed by atoms with Gasteiger partial charge in [0.1, 0.15) is 0 Å². The van der Waals surface area contributed by atoms with Crippen LogP contribution in [-0.4, -0.2) is 30.5 Å². The molecule has 17 heavy (non-hydrogen) atoms. The van der Waals surface area contributed by atoms with Crippen LogP contribution in [0.25, 0.3) is 0 Å². The molecule has 0 aromatic carbocycles. The monoisotopic (exact) mass is 243 g/mol. The standard InChI is InChI=1S/C14H29NO2/c1-10(2)13-5-4-11(3)8-14(13)17-7-6-12(16)9-15/h10-14,16H,4-9,15H2,1-3H3. The fourth-order valence-corrected chi connectivity index (χ4v) is 2.78. The predicted octanol–water partition coefficient (Wildman–Crippen LogP) is 2.17. The van der Waals surface area contributed by atoms with Gasteiger partial charge in [0.15, 0.2) is 0 Å². The van der Waals surface area contributed by atoms with Crippen LogP contribution in [0.15, 0.2) is 0 Å². The molecule has 0 aromatic rings. The zero-order valence-corrected chi connectivity index (χ0v) is 11.6. The van der Waals surface area contributed by atoms with Gasteiger partial charge in [-0.25, -0.2) is 0 Å². The predicted molar refractivity (Wildman–Crippen MR) is 70.8 cm³/mol. The molecule has 0 radical (unpaired) electrons. The Morgan fingerprint density at radius 1 is 1.35 bits per heavy atom. The largest absolute Gasteiger partial charge is 0.392 e. The molecule has 0 heterocycles. The van der Waals surface area contributed by atoms with Crippen LogP contribution in [0.5, 0.6) is 0 Å². The van der Waals surface area contributed by atoms with Crippen molar-refractivity contribution in [2.45, 2.75) is 58.7 Å². The van der Waals surface area contributed by atoms with Crippen LogP contribution in [0.1, 0.15) is 46.5 Å². The molecule has 1 aliphatic rings.